The van der Waals surface area contributed by atoms with Crippen LogP contribution in [0.2, 0.25) is 10.0 Å². The number of hydrogen-bond donors (Lipinski definition) is 2. The third kappa shape index (κ3) is 5.54. The Hall–Kier alpha value is -1.78. The molecule has 0 spiro atoms. The first-order chi connectivity index (χ1) is 10.5. The molecule has 22 heavy (non-hydrogen) atoms. The van der Waals surface area contributed by atoms with Crippen molar-refractivity contribution in [2.45, 2.75) is 6.29 Å². The molecule has 0 saturated heterocycles. The third-order valence-electron chi connectivity index (χ3n) is 2.60. The SMILES string of the molecule is COC(CN/C=C(/C#N)C(=O)Nc1ccc(Cl)c(Cl)c1)OC. The van der Waals surface area contributed by atoms with Crippen LogP contribution in [0.5, 0.6) is 0 Å². The van der Waals surface area contributed by atoms with E-state index in [0.717, 1.165) is 0 Å². The molecule has 0 aliphatic heterocycles. The fourth-order valence-corrected chi connectivity index (χ4v) is 1.74. The van der Waals surface area contributed by atoms with Crippen molar-refractivity contribution in [1.29, 1.82) is 5.26 Å². The molecule has 1 aromatic carbocycles. The van der Waals surface area contributed by atoms with Crippen molar-refractivity contribution in [3.8, 4) is 6.07 Å². The predicted octanol–water partition coefficient (Wildman–Crippen LogP) is 2.55. The number of halogens is 2. The molecular weight excluding hydrogens is 329 g/mol. The van der Waals surface area contributed by atoms with Gasteiger partial charge in [0.1, 0.15) is 11.6 Å². The van der Waals surface area contributed by atoms with Crippen molar-refractivity contribution >= 4 is 34.8 Å². The van der Waals surface area contributed by atoms with E-state index >= 15 is 0 Å². The summed E-state index contributed by atoms with van der Waals surface area (Å²) in [6.45, 7) is 0.290. The second-order valence-corrected chi connectivity index (χ2v) is 4.88. The van der Waals surface area contributed by atoms with E-state index in [1.165, 1.54) is 26.5 Å². The number of carbonyl (C=O) groups is 1. The Morgan fingerprint density at radius 3 is 2.59 bits per heavy atom. The first-order valence-corrected chi connectivity index (χ1v) is 6.93. The predicted molar refractivity (Wildman–Crippen MR) is 84.6 cm³/mol. The summed E-state index contributed by atoms with van der Waals surface area (Å²) in [5.41, 5.74) is 0.337. The highest BCUT2D eigenvalue weighted by atomic mass is 35.5. The molecule has 0 unspecified atom stereocenters. The number of nitriles is 1. The number of nitrogens with one attached hydrogen (secondary N) is 2. The molecule has 1 amide bonds. The Kier molecular flexibility index (Phi) is 7.71. The van der Waals surface area contributed by atoms with E-state index in [2.05, 4.69) is 10.6 Å². The largest absolute Gasteiger partial charge is 0.385 e. The summed E-state index contributed by atoms with van der Waals surface area (Å²) < 4.78 is 9.94. The molecule has 0 fully saturated rings. The van der Waals surface area contributed by atoms with Gasteiger partial charge in [-0.05, 0) is 18.2 Å². The molecule has 0 atom stereocenters. The highest BCUT2D eigenvalue weighted by molar-refractivity contribution is 6.42. The zero-order valence-corrected chi connectivity index (χ0v) is 13.5. The number of methoxy groups -OCH3 is 2. The van der Waals surface area contributed by atoms with Crippen LogP contribution in [-0.4, -0.2) is 33.0 Å². The lowest BCUT2D eigenvalue weighted by atomic mass is 10.2. The number of ether oxygens (including phenoxy) is 2. The molecule has 1 aromatic rings. The van der Waals surface area contributed by atoms with Crippen LogP contribution in [0.3, 0.4) is 0 Å². The number of nitrogens with zero attached hydrogens (tertiary/aromatic N) is 1. The highest BCUT2D eigenvalue weighted by Crippen LogP contribution is 2.25. The lowest BCUT2D eigenvalue weighted by molar-refractivity contribution is -0.112. The number of rotatable bonds is 7. The van der Waals surface area contributed by atoms with Crippen LogP contribution in [0, 0.1) is 11.3 Å². The van der Waals surface area contributed by atoms with Gasteiger partial charge in [-0.1, -0.05) is 23.2 Å². The van der Waals surface area contributed by atoms with Gasteiger partial charge < -0.3 is 20.1 Å². The van der Waals surface area contributed by atoms with Crippen molar-refractivity contribution in [2.24, 2.45) is 0 Å². The molecule has 0 aromatic heterocycles. The van der Waals surface area contributed by atoms with Gasteiger partial charge in [0.15, 0.2) is 6.29 Å². The van der Waals surface area contributed by atoms with Crippen molar-refractivity contribution in [3.05, 3.63) is 40.0 Å². The average molecular weight is 344 g/mol. The maximum Gasteiger partial charge on any atom is 0.267 e. The van der Waals surface area contributed by atoms with Gasteiger partial charge in [0.2, 0.25) is 0 Å². The van der Waals surface area contributed by atoms with Gasteiger partial charge in [-0.2, -0.15) is 5.26 Å². The average Bonchev–Trinajstić information content (AvgIpc) is 2.51. The maximum absolute atomic E-state index is 12.0. The smallest absolute Gasteiger partial charge is 0.267 e. The van der Waals surface area contributed by atoms with Crippen LogP contribution in [-0.2, 0) is 14.3 Å². The minimum atomic E-state index is -0.570. The summed E-state index contributed by atoms with van der Waals surface area (Å²) in [6, 6.07) is 6.43. The normalized spacial score (nSPS) is 11.2. The summed E-state index contributed by atoms with van der Waals surface area (Å²) in [7, 11) is 2.98. The van der Waals surface area contributed by atoms with Gasteiger partial charge in [0.05, 0.1) is 16.6 Å². The lowest BCUT2D eigenvalue weighted by Gasteiger charge is -2.13. The molecule has 0 bridgehead atoms. The van der Waals surface area contributed by atoms with E-state index < -0.39 is 12.2 Å². The molecule has 8 heteroatoms. The number of carbonyl (C=O) groups excluding carboxylic acids is 1. The molecule has 0 aliphatic rings. The fourth-order valence-electron chi connectivity index (χ4n) is 1.44. The van der Waals surface area contributed by atoms with Crippen molar-refractivity contribution in [3.63, 3.8) is 0 Å². The van der Waals surface area contributed by atoms with Crippen molar-refractivity contribution in [1.82, 2.24) is 5.32 Å². The highest BCUT2D eigenvalue weighted by Gasteiger charge is 2.11. The molecule has 0 heterocycles. The van der Waals surface area contributed by atoms with Crippen molar-refractivity contribution in [2.75, 3.05) is 26.1 Å². The van der Waals surface area contributed by atoms with Crippen LogP contribution in [0.15, 0.2) is 30.0 Å². The second kappa shape index (κ2) is 9.28. The summed E-state index contributed by atoms with van der Waals surface area (Å²) in [5, 5.41) is 15.0. The molecule has 2 N–H and O–H groups in total. The summed E-state index contributed by atoms with van der Waals surface area (Å²) in [4.78, 5) is 12.0. The Morgan fingerprint density at radius 2 is 2.05 bits per heavy atom. The Labute approximate surface area is 138 Å². The minimum Gasteiger partial charge on any atom is -0.385 e. The first kappa shape index (κ1) is 18.3. The minimum absolute atomic E-state index is 0.1000. The van der Waals surface area contributed by atoms with E-state index in [9.17, 15) is 4.79 Å². The van der Waals surface area contributed by atoms with Gasteiger partial charge in [-0.3, -0.25) is 4.79 Å². The van der Waals surface area contributed by atoms with E-state index in [1.807, 2.05) is 0 Å². The Balaban J connectivity index is 2.68. The molecular formula is C14H15Cl2N3O3. The lowest BCUT2D eigenvalue weighted by Crippen LogP contribution is -2.27. The monoisotopic (exact) mass is 343 g/mol. The number of hydrogen-bond acceptors (Lipinski definition) is 5. The van der Waals surface area contributed by atoms with E-state index in [0.29, 0.717) is 15.7 Å². The Morgan fingerprint density at radius 1 is 1.36 bits per heavy atom. The van der Waals surface area contributed by atoms with Gasteiger partial charge in [-0.15, -0.1) is 0 Å². The summed E-state index contributed by atoms with van der Waals surface area (Å²) in [6.07, 6.45) is 0.812. The second-order valence-electron chi connectivity index (χ2n) is 4.06. The maximum atomic E-state index is 12.0. The van der Waals surface area contributed by atoms with Gasteiger partial charge >= 0.3 is 0 Å². The zero-order valence-electron chi connectivity index (χ0n) is 12.0. The number of anilines is 1. The quantitative estimate of drug-likeness (QED) is 0.451. The van der Waals surface area contributed by atoms with E-state index in [-0.39, 0.29) is 12.1 Å². The van der Waals surface area contributed by atoms with Gasteiger partial charge in [0, 0.05) is 26.1 Å². The van der Waals surface area contributed by atoms with Crippen LogP contribution >= 0.6 is 23.2 Å². The zero-order chi connectivity index (χ0) is 16.5. The molecule has 0 saturated carbocycles. The van der Waals surface area contributed by atoms with Crippen molar-refractivity contribution < 1.29 is 14.3 Å². The number of benzene rings is 1. The molecule has 1 rings (SSSR count). The van der Waals surface area contributed by atoms with Crippen LogP contribution in [0.25, 0.3) is 0 Å². The van der Waals surface area contributed by atoms with Gasteiger partial charge in [-0.25, -0.2) is 0 Å². The van der Waals surface area contributed by atoms with E-state index in [1.54, 1.807) is 18.2 Å². The van der Waals surface area contributed by atoms with Crippen LogP contribution < -0.4 is 10.6 Å². The standard InChI is InChI=1S/C14H15Cl2N3O3/c1-21-13(22-2)8-18-7-9(6-17)14(20)19-10-3-4-11(15)12(16)5-10/h3-5,7,13,18H,8H2,1-2H3,(H,19,20)/b9-7-. The third-order valence-corrected chi connectivity index (χ3v) is 3.34. The molecule has 0 radical (unpaired) electrons. The molecule has 118 valence electrons. The van der Waals surface area contributed by atoms with Crippen LogP contribution in [0.4, 0.5) is 5.69 Å². The topological polar surface area (TPSA) is 83.4 Å². The summed E-state index contributed by atoms with van der Waals surface area (Å²) >= 11 is 11.6. The Bertz CT molecular complexity index is 595. The van der Waals surface area contributed by atoms with Crippen LogP contribution in [0.1, 0.15) is 0 Å². The molecule has 0 aliphatic carbocycles. The molecule has 6 nitrogen and oxygen atoms in total. The van der Waals surface area contributed by atoms with Gasteiger partial charge in [0.25, 0.3) is 5.91 Å². The van der Waals surface area contributed by atoms with E-state index in [4.69, 9.17) is 37.9 Å². The summed E-state index contributed by atoms with van der Waals surface area (Å²) in [5.74, 6) is -0.570. The number of amides is 1. The fraction of sp³-hybridized carbons (Fsp3) is 0.286. The first-order valence-electron chi connectivity index (χ1n) is 6.17.